The monoisotopic (exact) mass is 342 g/mol. The van der Waals surface area contributed by atoms with Gasteiger partial charge in [0.05, 0.1) is 6.61 Å². The Hall–Kier alpha value is -2.01. The summed E-state index contributed by atoms with van der Waals surface area (Å²) in [5, 5.41) is 0.921. The van der Waals surface area contributed by atoms with Crippen LogP contribution in [-0.2, 0) is 0 Å². The number of hydrogen-bond acceptors (Lipinski definition) is 4. The fourth-order valence-corrected chi connectivity index (χ4v) is 4.11. The van der Waals surface area contributed by atoms with Crippen molar-refractivity contribution in [3.63, 3.8) is 0 Å². The molecule has 1 atom stereocenters. The molecule has 0 unspecified atom stereocenters. The summed E-state index contributed by atoms with van der Waals surface area (Å²) < 4.78 is 11.5. The second-order valence-corrected chi connectivity index (χ2v) is 7.02. The van der Waals surface area contributed by atoms with Crippen LogP contribution in [0.2, 0.25) is 0 Å². The minimum Gasteiger partial charge on any atom is -0.490 e. The van der Waals surface area contributed by atoms with E-state index in [2.05, 4.69) is 4.90 Å². The molecule has 3 heterocycles. The van der Waals surface area contributed by atoms with Gasteiger partial charge in [0.1, 0.15) is 0 Å². The lowest BCUT2D eigenvalue weighted by Crippen LogP contribution is -2.42. The number of carbonyl (C=O) groups excluding carboxylic acids is 1. The van der Waals surface area contributed by atoms with Gasteiger partial charge in [0.25, 0.3) is 5.91 Å². The van der Waals surface area contributed by atoms with Gasteiger partial charge in [-0.15, -0.1) is 0 Å². The van der Waals surface area contributed by atoms with Crippen LogP contribution >= 0.6 is 0 Å². The van der Waals surface area contributed by atoms with Crippen molar-refractivity contribution < 1.29 is 13.9 Å². The molecule has 0 aliphatic carbocycles. The van der Waals surface area contributed by atoms with Gasteiger partial charge in [0.2, 0.25) is 0 Å². The fourth-order valence-electron chi connectivity index (χ4n) is 4.11. The number of nitrogens with zero attached hydrogens (tertiary/aromatic N) is 2. The molecule has 0 bridgehead atoms. The Balaban J connectivity index is 1.55. The van der Waals surface area contributed by atoms with Crippen molar-refractivity contribution in [2.45, 2.75) is 38.6 Å². The molecule has 2 aliphatic heterocycles. The normalized spacial score (nSPS) is 21.3. The molecule has 0 spiro atoms. The van der Waals surface area contributed by atoms with Crippen LogP contribution in [-0.4, -0.2) is 54.5 Å². The lowest BCUT2D eigenvalue weighted by molar-refractivity contribution is 0.0679. The van der Waals surface area contributed by atoms with Gasteiger partial charge in [0.15, 0.2) is 17.1 Å². The second kappa shape index (κ2) is 7.08. The molecule has 0 saturated carbocycles. The van der Waals surface area contributed by atoms with Crippen LogP contribution in [0.15, 0.2) is 28.7 Å². The van der Waals surface area contributed by atoms with Gasteiger partial charge in [0, 0.05) is 24.5 Å². The van der Waals surface area contributed by atoms with E-state index in [0.717, 1.165) is 31.3 Å². The Morgan fingerprint density at radius 1 is 1.24 bits per heavy atom. The van der Waals surface area contributed by atoms with Crippen LogP contribution < -0.4 is 4.74 Å². The highest BCUT2D eigenvalue weighted by molar-refractivity contribution is 5.97. The van der Waals surface area contributed by atoms with Crippen LogP contribution in [0.4, 0.5) is 0 Å². The van der Waals surface area contributed by atoms with Gasteiger partial charge in [-0.25, -0.2) is 0 Å². The van der Waals surface area contributed by atoms with Gasteiger partial charge < -0.3 is 19.0 Å². The third kappa shape index (κ3) is 3.25. The Morgan fingerprint density at radius 2 is 2.08 bits per heavy atom. The third-order valence-electron chi connectivity index (χ3n) is 5.32. The van der Waals surface area contributed by atoms with Crippen LogP contribution in [0, 0.1) is 0 Å². The quantitative estimate of drug-likeness (QED) is 0.834. The van der Waals surface area contributed by atoms with E-state index in [0.29, 0.717) is 29.7 Å². The van der Waals surface area contributed by atoms with Crippen molar-refractivity contribution in [1.29, 1.82) is 0 Å². The van der Waals surface area contributed by atoms with Crippen LogP contribution in [0.5, 0.6) is 5.75 Å². The largest absolute Gasteiger partial charge is 0.490 e. The summed E-state index contributed by atoms with van der Waals surface area (Å²) in [6.07, 6.45) is 4.73. The molecule has 2 aromatic rings. The zero-order chi connectivity index (χ0) is 17.2. The highest BCUT2D eigenvalue weighted by atomic mass is 16.5. The molecule has 2 saturated heterocycles. The number of benzene rings is 1. The Morgan fingerprint density at radius 3 is 2.88 bits per heavy atom. The molecule has 5 nitrogen and oxygen atoms in total. The van der Waals surface area contributed by atoms with Crippen molar-refractivity contribution in [3.8, 4) is 5.75 Å². The molecular formula is C20H26N2O3. The summed E-state index contributed by atoms with van der Waals surface area (Å²) in [4.78, 5) is 17.5. The minimum absolute atomic E-state index is 0.0142. The zero-order valence-corrected chi connectivity index (χ0v) is 14.9. The van der Waals surface area contributed by atoms with E-state index in [1.807, 2.05) is 36.1 Å². The topological polar surface area (TPSA) is 45.9 Å². The first-order chi connectivity index (χ1) is 12.3. The first-order valence-electron chi connectivity index (χ1n) is 9.45. The highest BCUT2D eigenvalue weighted by Gasteiger charge is 2.33. The molecule has 4 rings (SSSR count). The van der Waals surface area contributed by atoms with Gasteiger partial charge in [-0.3, -0.25) is 4.79 Å². The van der Waals surface area contributed by atoms with E-state index in [4.69, 9.17) is 9.15 Å². The van der Waals surface area contributed by atoms with E-state index in [1.54, 1.807) is 0 Å². The van der Waals surface area contributed by atoms with Crippen LogP contribution in [0.1, 0.15) is 43.2 Å². The number of furan rings is 1. The maximum Gasteiger partial charge on any atom is 0.289 e. The van der Waals surface area contributed by atoms with Gasteiger partial charge in [-0.1, -0.05) is 12.1 Å². The van der Waals surface area contributed by atoms with E-state index in [1.165, 1.54) is 25.9 Å². The summed E-state index contributed by atoms with van der Waals surface area (Å²) >= 11 is 0. The van der Waals surface area contributed by atoms with Crippen molar-refractivity contribution >= 4 is 16.9 Å². The first-order valence-corrected chi connectivity index (χ1v) is 9.45. The fraction of sp³-hybridized carbons (Fsp3) is 0.550. The minimum atomic E-state index is 0.0142. The van der Waals surface area contributed by atoms with Crippen molar-refractivity contribution in [3.05, 3.63) is 30.0 Å². The SMILES string of the molecule is CCOc1cccc2cc(C(=O)N3CCC[C@H]3CN3CCCC3)oc12. The summed E-state index contributed by atoms with van der Waals surface area (Å²) in [6.45, 7) is 6.68. The number of amides is 1. The molecular weight excluding hydrogens is 316 g/mol. The maximum atomic E-state index is 13.0. The standard InChI is InChI=1S/C20H26N2O3/c1-2-24-17-9-5-7-15-13-18(25-19(15)17)20(23)22-12-6-8-16(22)14-21-10-3-4-11-21/h5,7,9,13,16H,2-4,6,8,10-12,14H2,1H3/t16-/m0/s1. The predicted molar refractivity (Wildman–Crippen MR) is 97.1 cm³/mol. The molecule has 0 N–H and O–H groups in total. The first kappa shape index (κ1) is 16.5. The Kier molecular flexibility index (Phi) is 4.66. The average Bonchev–Trinajstić information content (AvgIpc) is 3.35. The summed E-state index contributed by atoms with van der Waals surface area (Å²) in [5.41, 5.74) is 0.669. The smallest absolute Gasteiger partial charge is 0.289 e. The molecule has 5 heteroatoms. The van der Waals surface area contributed by atoms with Crippen LogP contribution in [0.25, 0.3) is 11.0 Å². The molecule has 1 amide bonds. The van der Waals surface area contributed by atoms with Crippen molar-refractivity contribution in [1.82, 2.24) is 9.80 Å². The number of hydrogen-bond donors (Lipinski definition) is 0. The number of rotatable bonds is 5. The lowest BCUT2D eigenvalue weighted by Gasteiger charge is -2.27. The summed E-state index contributed by atoms with van der Waals surface area (Å²) in [7, 11) is 0. The van der Waals surface area contributed by atoms with E-state index in [9.17, 15) is 4.79 Å². The highest BCUT2D eigenvalue weighted by Crippen LogP contribution is 2.30. The number of likely N-dealkylation sites (tertiary alicyclic amines) is 2. The molecule has 1 aromatic carbocycles. The summed E-state index contributed by atoms with van der Waals surface area (Å²) in [6, 6.07) is 7.94. The van der Waals surface area contributed by atoms with E-state index >= 15 is 0 Å². The van der Waals surface area contributed by atoms with E-state index < -0.39 is 0 Å². The molecule has 25 heavy (non-hydrogen) atoms. The molecule has 2 fully saturated rings. The van der Waals surface area contributed by atoms with Crippen molar-refractivity contribution in [2.24, 2.45) is 0 Å². The molecule has 134 valence electrons. The predicted octanol–water partition coefficient (Wildman–Crippen LogP) is 3.53. The lowest BCUT2D eigenvalue weighted by atomic mass is 10.2. The second-order valence-electron chi connectivity index (χ2n) is 7.02. The zero-order valence-electron chi connectivity index (χ0n) is 14.9. The Bertz CT molecular complexity index is 748. The van der Waals surface area contributed by atoms with Crippen molar-refractivity contribution in [2.75, 3.05) is 32.8 Å². The van der Waals surface area contributed by atoms with Gasteiger partial charge in [-0.2, -0.15) is 0 Å². The molecule has 0 radical (unpaired) electrons. The number of fused-ring (bicyclic) bond motifs is 1. The molecule has 1 aromatic heterocycles. The summed E-state index contributed by atoms with van der Waals surface area (Å²) in [5.74, 6) is 1.14. The average molecular weight is 342 g/mol. The maximum absolute atomic E-state index is 13.0. The number of carbonyl (C=O) groups is 1. The van der Waals surface area contributed by atoms with Crippen LogP contribution in [0.3, 0.4) is 0 Å². The Labute approximate surface area is 148 Å². The number of para-hydroxylation sites is 1. The van der Waals surface area contributed by atoms with E-state index in [-0.39, 0.29) is 5.91 Å². The molecule has 2 aliphatic rings. The van der Waals surface area contributed by atoms with Gasteiger partial charge >= 0.3 is 0 Å². The number of ether oxygens (including phenoxy) is 1. The van der Waals surface area contributed by atoms with Gasteiger partial charge in [-0.05, 0) is 57.8 Å². The third-order valence-corrected chi connectivity index (χ3v) is 5.32.